The van der Waals surface area contributed by atoms with Gasteiger partial charge in [0.15, 0.2) is 17.6 Å². The lowest BCUT2D eigenvalue weighted by atomic mass is 10.00. The maximum absolute atomic E-state index is 13.0. The van der Waals surface area contributed by atoms with Crippen LogP contribution in [-0.4, -0.2) is 49.8 Å². The van der Waals surface area contributed by atoms with Crippen LogP contribution in [-0.2, 0) is 14.3 Å². The average molecular weight is 578 g/mol. The number of anilines is 3. The van der Waals surface area contributed by atoms with Crippen molar-refractivity contribution in [1.29, 1.82) is 0 Å². The van der Waals surface area contributed by atoms with Crippen LogP contribution in [0.25, 0.3) is 0 Å². The van der Waals surface area contributed by atoms with Gasteiger partial charge in [-0.05, 0) is 67.8 Å². The van der Waals surface area contributed by atoms with Crippen LogP contribution in [0.3, 0.4) is 0 Å². The number of allylic oxidation sites excluding steroid dienone is 1. The number of ether oxygens (including phenoxy) is 5. The predicted octanol–water partition coefficient (Wildman–Crippen LogP) is 5.04. The molecular formula is C31H35N3O8. The number of benzene rings is 3. The third-order valence-corrected chi connectivity index (χ3v) is 6.25. The van der Waals surface area contributed by atoms with Crippen LogP contribution in [0.2, 0.25) is 0 Å². The number of nitrogen functional groups attached to an aromatic ring is 1. The maximum Gasteiger partial charge on any atom is 0.412 e. The summed E-state index contributed by atoms with van der Waals surface area (Å²) in [5, 5.41) is 14.5. The lowest BCUT2D eigenvalue weighted by Crippen LogP contribution is -2.29. The summed E-state index contributed by atoms with van der Waals surface area (Å²) in [6.07, 6.45) is 2.11. The molecule has 0 spiro atoms. The topological polar surface area (TPSA) is 151 Å². The number of rotatable bonds is 14. The second-order valence-corrected chi connectivity index (χ2v) is 9.21. The number of fused-ring (bicyclic) bond motifs is 1. The van der Waals surface area contributed by atoms with Gasteiger partial charge in [0.25, 0.3) is 0 Å². The van der Waals surface area contributed by atoms with E-state index in [-0.39, 0.29) is 25.9 Å². The number of hydrogen-bond acceptors (Lipinski definition) is 9. The molecule has 1 aliphatic rings. The van der Waals surface area contributed by atoms with Gasteiger partial charge in [0.05, 0.1) is 24.1 Å². The standard InChI is InChI=1S/C31H35N3O8/c1-2-38-27(9-5-6-10-29(36)34-25-8-4-3-7-24(25)32)30(21-11-14-23(15-12-21)39-18-17-35)42-31(37)33-22-13-16-26-28(19-22)41-20-40-26/h3-4,6-8,10-16,19,27,30,35H,2,5,9,17-18,20,32H2,1H3,(H,33,37)(H,34,36)/b10-6+/t27-,30-/m1/s1. The van der Waals surface area contributed by atoms with Gasteiger partial charge >= 0.3 is 6.09 Å². The third-order valence-electron chi connectivity index (χ3n) is 6.25. The van der Waals surface area contributed by atoms with E-state index in [1.54, 1.807) is 72.8 Å². The summed E-state index contributed by atoms with van der Waals surface area (Å²) in [6.45, 7) is 2.41. The number of hydrogen-bond donors (Lipinski definition) is 4. The van der Waals surface area contributed by atoms with E-state index in [4.69, 9.17) is 34.5 Å². The molecule has 3 aromatic carbocycles. The summed E-state index contributed by atoms with van der Waals surface area (Å²) in [6, 6.07) is 19.1. The normalized spacial score (nSPS) is 13.4. The van der Waals surface area contributed by atoms with Crippen LogP contribution >= 0.6 is 0 Å². The van der Waals surface area contributed by atoms with Gasteiger partial charge in [0, 0.05) is 18.4 Å². The predicted molar refractivity (Wildman–Crippen MR) is 158 cm³/mol. The van der Waals surface area contributed by atoms with E-state index in [1.807, 2.05) is 6.92 Å². The van der Waals surface area contributed by atoms with Crippen molar-refractivity contribution < 1.29 is 38.4 Å². The molecule has 2 amide bonds. The number of amides is 2. The van der Waals surface area contributed by atoms with E-state index in [2.05, 4.69) is 10.6 Å². The highest BCUT2D eigenvalue weighted by molar-refractivity contribution is 6.01. The minimum Gasteiger partial charge on any atom is -0.491 e. The Morgan fingerprint density at radius 1 is 1.05 bits per heavy atom. The van der Waals surface area contributed by atoms with Gasteiger partial charge in [-0.15, -0.1) is 0 Å². The molecule has 0 radical (unpaired) electrons. The summed E-state index contributed by atoms with van der Waals surface area (Å²) < 4.78 is 28.1. The van der Waals surface area contributed by atoms with Crippen LogP contribution in [0.5, 0.6) is 17.2 Å². The molecule has 0 aromatic heterocycles. The van der Waals surface area contributed by atoms with Crippen molar-refractivity contribution in [2.24, 2.45) is 0 Å². The Kier molecular flexibility index (Phi) is 11.0. The molecule has 2 atom stereocenters. The van der Waals surface area contributed by atoms with Gasteiger partial charge < -0.3 is 39.8 Å². The maximum atomic E-state index is 13.0. The SMILES string of the molecule is CCO[C@H](CC/C=C/C(=O)Nc1ccccc1N)[C@H](OC(=O)Nc1ccc2c(c1)OCO2)c1ccc(OCCO)cc1. The Hall–Kier alpha value is -4.74. The zero-order valence-corrected chi connectivity index (χ0v) is 23.3. The second kappa shape index (κ2) is 15.3. The molecule has 0 bridgehead atoms. The van der Waals surface area contributed by atoms with E-state index in [0.29, 0.717) is 59.3 Å². The molecule has 0 saturated carbocycles. The minimum atomic E-state index is -0.780. The first-order valence-electron chi connectivity index (χ1n) is 13.6. The molecule has 0 aliphatic carbocycles. The van der Waals surface area contributed by atoms with Crippen LogP contribution in [0.1, 0.15) is 31.4 Å². The Bertz CT molecular complexity index is 1360. The first-order chi connectivity index (χ1) is 20.5. The molecule has 11 heteroatoms. The number of aliphatic hydroxyl groups excluding tert-OH is 1. The van der Waals surface area contributed by atoms with Gasteiger partial charge in [0.1, 0.15) is 12.4 Å². The fraction of sp³-hybridized carbons (Fsp3) is 0.290. The molecule has 0 unspecified atom stereocenters. The minimum absolute atomic E-state index is 0.107. The highest BCUT2D eigenvalue weighted by atomic mass is 16.7. The van der Waals surface area contributed by atoms with Gasteiger partial charge in [0.2, 0.25) is 12.7 Å². The highest BCUT2D eigenvalue weighted by Crippen LogP contribution is 2.35. The lowest BCUT2D eigenvalue weighted by Gasteiger charge is -2.27. The number of nitrogens with one attached hydrogen (secondary N) is 2. The molecule has 0 fully saturated rings. The van der Waals surface area contributed by atoms with Gasteiger partial charge in [-0.3, -0.25) is 10.1 Å². The lowest BCUT2D eigenvalue weighted by molar-refractivity contribution is -0.111. The molecule has 4 rings (SSSR count). The average Bonchev–Trinajstić information content (AvgIpc) is 3.46. The summed E-state index contributed by atoms with van der Waals surface area (Å²) >= 11 is 0. The van der Waals surface area contributed by atoms with E-state index < -0.39 is 18.3 Å². The van der Waals surface area contributed by atoms with Crippen molar-refractivity contribution in [2.75, 3.05) is 43.0 Å². The highest BCUT2D eigenvalue weighted by Gasteiger charge is 2.28. The largest absolute Gasteiger partial charge is 0.491 e. The molecular weight excluding hydrogens is 542 g/mol. The smallest absolute Gasteiger partial charge is 0.412 e. The fourth-order valence-electron chi connectivity index (χ4n) is 4.29. The number of aliphatic hydroxyl groups is 1. The summed E-state index contributed by atoms with van der Waals surface area (Å²) in [7, 11) is 0. The Morgan fingerprint density at radius 3 is 2.60 bits per heavy atom. The summed E-state index contributed by atoms with van der Waals surface area (Å²) in [5.74, 6) is 1.38. The molecule has 222 valence electrons. The van der Waals surface area contributed by atoms with Gasteiger partial charge in [-0.1, -0.05) is 30.3 Å². The zero-order chi connectivity index (χ0) is 29.7. The molecule has 1 heterocycles. The van der Waals surface area contributed by atoms with Gasteiger partial charge in [-0.2, -0.15) is 0 Å². The Morgan fingerprint density at radius 2 is 1.83 bits per heavy atom. The molecule has 42 heavy (non-hydrogen) atoms. The second-order valence-electron chi connectivity index (χ2n) is 9.21. The number of carbonyl (C=O) groups is 2. The molecule has 5 N–H and O–H groups in total. The quantitative estimate of drug-likeness (QED) is 0.153. The zero-order valence-electron chi connectivity index (χ0n) is 23.3. The molecule has 11 nitrogen and oxygen atoms in total. The number of nitrogens with two attached hydrogens (primary N) is 1. The van der Waals surface area contributed by atoms with Gasteiger partial charge in [-0.25, -0.2) is 4.79 Å². The van der Waals surface area contributed by atoms with Crippen molar-refractivity contribution in [3.05, 3.63) is 84.4 Å². The van der Waals surface area contributed by atoms with Crippen molar-refractivity contribution in [1.82, 2.24) is 0 Å². The van der Waals surface area contributed by atoms with Crippen molar-refractivity contribution in [3.8, 4) is 17.2 Å². The first-order valence-corrected chi connectivity index (χ1v) is 13.6. The van der Waals surface area contributed by atoms with Crippen molar-refractivity contribution in [3.63, 3.8) is 0 Å². The van der Waals surface area contributed by atoms with Crippen LogP contribution in [0, 0.1) is 0 Å². The molecule has 3 aromatic rings. The van der Waals surface area contributed by atoms with E-state index in [9.17, 15) is 9.59 Å². The summed E-state index contributed by atoms with van der Waals surface area (Å²) in [4.78, 5) is 25.4. The third kappa shape index (κ3) is 8.63. The van der Waals surface area contributed by atoms with Crippen LogP contribution < -0.4 is 30.6 Å². The van der Waals surface area contributed by atoms with E-state index in [1.165, 1.54) is 6.08 Å². The van der Waals surface area contributed by atoms with E-state index in [0.717, 1.165) is 0 Å². The number of carbonyl (C=O) groups excluding carboxylic acids is 2. The number of para-hydroxylation sites is 2. The van der Waals surface area contributed by atoms with E-state index >= 15 is 0 Å². The van der Waals surface area contributed by atoms with Crippen molar-refractivity contribution >= 4 is 29.1 Å². The Balaban J connectivity index is 1.45. The van der Waals surface area contributed by atoms with Crippen LogP contribution in [0.4, 0.5) is 21.9 Å². The Labute approximate surface area is 244 Å². The van der Waals surface area contributed by atoms with Crippen LogP contribution in [0.15, 0.2) is 78.9 Å². The van der Waals surface area contributed by atoms with Crippen molar-refractivity contribution in [2.45, 2.75) is 32.0 Å². The monoisotopic (exact) mass is 577 g/mol. The molecule has 1 aliphatic heterocycles. The fourth-order valence-corrected chi connectivity index (χ4v) is 4.29. The molecule has 0 saturated heterocycles. The summed E-state index contributed by atoms with van der Waals surface area (Å²) in [5.41, 5.74) is 8.08. The first kappa shape index (κ1) is 30.2.